The van der Waals surface area contributed by atoms with Crippen LogP contribution in [0.1, 0.15) is 31.4 Å². The van der Waals surface area contributed by atoms with E-state index in [9.17, 15) is 0 Å². The topological polar surface area (TPSA) is 33.1 Å². The second-order valence-corrected chi connectivity index (χ2v) is 6.42. The van der Waals surface area contributed by atoms with E-state index in [2.05, 4.69) is 39.9 Å². The lowest BCUT2D eigenvalue weighted by atomic mass is 9.80. The third-order valence-electron chi connectivity index (χ3n) is 4.69. The fraction of sp³-hybridized carbons (Fsp3) is 0.786. The molecule has 0 unspecified atom stereocenters. The quantitative estimate of drug-likeness (QED) is 0.875. The summed E-state index contributed by atoms with van der Waals surface area (Å²) in [7, 11) is 2.22. The van der Waals surface area contributed by atoms with E-state index >= 15 is 0 Å². The molecule has 100 valence electrons. The van der Waals surface area contributed by atoms with E-state index in [4.69, 9.17) is 0 Å². The Bertz CT molecular complexity index is 400. The smallest absolute Gasteiger partial charge is 0.0948 e. The lowest BCUT2D eigenvalue weighted by Gasteiger charge is -2.39. The van der Waals surface area contributed by atoms with Crippen molar-refractivity contribution < 1.29 is 0 Å². The number of piperidine rings is 1. The molecule has 0 aliphatic carbocycles. The van der Waals surface area contributed by atoms with Gasteiger partial charge in [-0.15, -0.1) is 0 Å². The van der Waals surface area contributed by atoms with Crippen LogP contribution in [0.15, 0.2) is 12.5 Å². The fourth-order valence-electron chi connectivity index (χ4n) is 3.03. The van der Waals surface area contributed by atoms with Crippen LogP contribution in [0.2, 0.25) is 0 Å². The van der Waals surface area contributed by atoms with Gasteiger partial charge in [0.2, 0.25) is 0 Å². The summed E-state index contributed by atoms with van der Waals surface area (Å²) in [5, 5.41) is 3.35. The Morgan fingerprint density at radius 1 is 1.39 bits per heavy atom. The van der Waals surface area contributed by atoms with Crippen molar-refractivity contribution in [3.63, 3.8) is 0 Å². The molecule has 0 aromatic carbocycles. The van der Waals surface area contributed by atoms with E-state index < -0.39 is 0 Å². The van der Waals surface area contributed by atoms with Gasteiger partial charge in [0.15, 0.2) is 0 Å². The maximum absolute atomic E-state index is 4.36. The Kier molecular flexibility index (Phi) is 3.16. The number of aromatic nitrogens is 2. The van der Waals surface area contributed by atoms with E-state index in [-0.39, 0.29) is 0 Å². The molecule has 0 saturated carbocycles. The van der Waals surface area contributed by atoms with Crippen molar-refractivity contribution in [1.82, 2.24) is 19.8 Å². The molecule has 4 heteroatoms. The van der Waals surface area contributed by atoms with Gasteiger partial charge in [-0.3, -0.25) is 0 Å². The van der Waals surface area contributed by atoms with Gasteiger partial charge in [-0.25, -0.2) is 4.98 Å². The summed E-state index contributed by atoms with van der Waals surface area (Å²) in [5.41, 5.74) is 1.87. The summed E-state index contributed by atoms with van der Waals surface area (Å²) >= 11 is 0. The van der Waals surface area contributed by atoms with Crippen LogP contribution in [-0.2, 0) is 6.54 Å². The van der Waals surface area contributed by atoms with Crippen LogP contribution in [0, 0.1) is 5.41 Å². The van der Waals surface area contributed by atoms with Crippen molar-refractivity contribution in [2.75, 3.05) is 33.2 Å². The van der Waals surface area contributed by atoms with Gasteiger partial charge in [-0.2, -0.15) is 0 Å². The number of likely N-dealkylation sites (tertiary alicyclic amines) is 1. The highest BCUT2D eigenvalue weighted by molar-refractivity contribution is 5.12. The van der Waals surface area contributed by atoms with Gasteiger partial charge in [0, 0.05) is 37.4 Å². The molecule has 3 rings (SSSR count). The van der Waals surface area contributed by atoms with Crippen LogP contribution in [0.5, 0.6) is 0 Å². The van der Waals surface area contributed by atoms with E-state index in [1.807, 2.05) is 6.33 Å². The molecule has 2 fully saturated rings. The highest BCUT2D eigenvalue weighted by atomic mass is 15.1. The maximum atomic E-state index is 4.36. The zero-order valence-electron chi connectivity index (χ0n) is 11.5. The molecule has 1 N–H and O–H groups in total. The summed E-state index contributed by atoms with van der Waals surface area (Å²) in [4.78, 5) is 6.80. The second kappa shape index (κ2) is 4.67. The molecule has 4 nitrogen and oxygen atoms in total. The zero-order valence-corrected chi connectivity index (χ0v) is 11.5. The van der Waals surface area contributed by atoms with Crippen molar-refractivity contribution in [1.29, 1.82) is 0 Å². The van der Waals surface area contributed by atoms with E-state index in [0.717, 1.165) is 19.6 Å². The average molecular weight is 248 g/mol. The van der Waals surface area contributed by atoms with Gasteiger partial charge in [0.25, 0.3) is 0 Å². The largest absolute Gasteiger partial charge is 0.334 e. The molecule has 3 heterocycles. The predicted octanol–water partition coefficient (Wildman–Crippen LogP) is 1.30. The normalized spacial score (nSPS) is 25.0. The van der Waals surface area contributed by atoms with Crippen molar-refractivity contribution in [2.45, 2.75) is 32.2 Å². The summed E-state index contributed by atoms with van der Waals surface area (Å²) in [5.74, 6) is 0.683. The minimum Gasteiger partial charge on any atom is -0.334 e. The number of nitrogens with zero attached hydrogens (tertiary/aromatic N) is 3. The summed E-state index contributed by atoms with van der Waals surface area (Å²) in [6.07, 6.45) is 6.68. The van der Waals surface area contributed by atoms with Crippen molar-refractivity contribution in [3.8, 4) is 0 Å². The molecule has 0 radical (unpaired) electrons. The first-order valence-corrected chi connectivity index (χ1v) is 7.06. The molecule has 0 atom stereocenters. The number of imidazole rings is 1. The molecular formula is C14H24N4. The molecule has 1 aromatic rings. The van der Waals surface area contributed by atoms with Gasteiger partial charge in [0.05, 0.1) is 6.33 Å². The second-order valence-electron chi connectivity index (χ2n) is 6.42. The third-order valence-corrected chi connectivity index (χ3v) is 4.69. The van der Waals surface area contributed by atoms with Crippen LogP contribution in [0.25, 0.3) is 0 Å². The number of nitrogens with one attached hydrogen (secondary N) is 1. The van der Waals surface area contributed by atoms with Crippen molar-refractivity contribution >= 4 is 0 Å². The summed E-state index contributed by atoms with van der Waals surface area (Å²) in [6.45, 7) is 8.25. The molecule has 0 bridgehead atoms. The molecule has 0 spiro atoms. The molecule has 2 saturated heterocycles. The van der Waals surface area contributed by atoms with Gasteiger partial charge >= 0.3 is 0 Å². The van der Waals surface area contributed by atoms with E-state index in [0.29, 0.717) is 11.3 Å². The van der Waals surface area contributed by atoms with Crippen LogP contribution in [0.4, 0.5) is 0 Å². The Morgan fingerprint density at radius 2 is 2.11 bits per heavy atom. The van der Waals surface area contributed by atoms with Crippen molar-refractivity contribution in [2.24, 2.45) is 5.41 Å². The standard InChI is InChI=1S/C14H24N4/c1-14(3-5-17(2)6-4-14)10-18-11-16-9-13(18)12-7-15-8-12/h9,11-12,15H,3-8,10H2,1-2H3. The van der Waals surface area contributed by atoms with Gasteiger partial charge in [0.1, 0.15) is 0 Å². The molecule has 2 aliphatic rings. The van der Waals surface area contributed by atoms with Gasteiger partial charge in [-0.1, -0.05) is 6.92 Å². The highest BCUT2D eigenvalue weighted by Gasteiger charge is 2.31. The van der Waals surface area contributed by atoms with Gasteiger partial charge in [-0.05, 0) is 38.4 Å². The van der Waals surface area contributed by atoms with Crippen LogP contribution < -0.4 is 5.32 Å². The Labute approximate surface area is 109 Å². The third kappa shape index (κ3) is 2.31. The number of hydrogen-bond acceptors (Lipinski definition) is 3. The van der Waals surface area contributed by atoms with E-state index in [1.54, 1.807) is 0 Å². The van der Waals surface area contributed by atoms with Crippen molar-refractivity contribution in [3.05, 3.63) is 18.2 Å². The molecule has 2 aliphatic heterocycles. The Hall–Kier alpha value is -0.870. The molecule has 1 aromatic heterocycles. The average Bonchev–Trinajstić information content (AvgIpc) is 2.69. The molecular weight excluding hydrogens is 224 g/mol. The zero-order chi connectivity index (χ0) is 12.6. The molecule has 0 amide bonds. The maximum Gasteiger partial charge on any atom is 0.0948 e. The minimum absolute atomic E-state index is 0.444. The minimum atomic E-state index is 0.444. The van der Waals surface area contributed by atoms with Crippen LogP contribution in [0.3, 0.4) is 0 Å². The molecule has 18 heavy (non-hydrogen) atoms. The lowest BCUT2D eigenvalue weighted by Crippen LogP contribution is -2.42. The summed E-state index contributed by atoms with van der Waals surface area (Å²) < 4.78 is 2.40. The SMILES string of the molecule is CN1CCC(C)(Cn2cncc2C2CNC2)CC1. The fourth-order valence-corrected chi connectivity index (χ4v) is 3.03. The van der Waals surface area contributed by atoms with Crippen LogP contribution in [-0.4, -0.2) is 47.7 Å². The van der Waals surface area contributed by atoms with Crippen LogP contribution >= 0.6 is 0 Å². The van der Waals surface area contributed by atoms with Gasteiger partial charge < -0.3 is 14.8 Å². The monoisotopic (exact) mass is 248 g/mol. The Morgan fingerprint density at radius 3 is 2.72 bits per heavy atom. The first kappa shape index (κ1) is 12.2. The first-order chi connectivity index (χ1) is 8.66. The Balaban J connectivity index is 1.70. The number of rotatable bonds is 3. The highest BCUT2D eigenvalue weighted by Crippen LogP contribution is 2.33. The lowest BCUT2D eigenvalue weighted by molar-refractivity contribution is 0.119. The predicted molar refractivity (Wildman–Crippen MR) is 72.7 cm³/mol. The number of hydrogen-bond donors (Lipinski definition) is 1. The van der Waals surface area contributed by atoms with E-state index in [1.165, 1.54) is 31.6 Å². The first-order valence-electron chi connectivity index (χ1n) is 7.06. The summed E-state index contributed by atoms with van der Waals surface area (Å²) in [6, 6.07) is 0.